The summed E-state index contributed by atoms with van der Waals surface area (Å²) in [6, 6.07) is 6.02. The van der Waals surface area contributed by atoms with Crippen molar-refractivity contribution in [2.75, 3.05) is 19.6 Å². The van der Waals surface area contributed by atoms with Gasteiger partial charge in [-0.3, -0.25) is 14.4 Å². The first-order chi connectivity index (χ1) is 13.9. The van der Waals surface area contributed by atoms with Gasteiger partial charge in [-0.15, -0.1) is 0 Å². The summed E-state index contributed by atoms with van der Waals surface area (Å²) in [5.41, 5.74) is 2.88. The predicted molar refractivity (Wildman–Crippen MR) is 112 cm³/mol. The molecule has 2 heterocycles. The van der Waals surface area contributed by atoms with Crippen molar-refractivity contribution < 1.29 is 14.4 Å². The Hall–Kier alpha value is -2.17. The Morgan fingerprint density at radius 1 is 0.931 bits per heavy atom. The van der Waals surface area contributed by atoms with Crippen LogP contribution >= 0.6 is 0 Å². The zero-order valence-electron chi connectivity index (χ0n) is 17.7. The van der Waals surface area contributed by atoms with E-state index in [0.29, 0.717) is 30.9 Å². The van der Waals surface area contributed by atoms with Crippen molar-refractivity contribution >= 4 is 17.6 Å². The molecule has 29 heavy (non-hydrogen) atoms. The highest BCUT2D eigenvalue weighted by molar-refractivity contribution is 5.95. The lowest BCUT2D eigenvalue weighted by molar-refractivity contribution is -0.139. The Balaban J connectivity index is 1.45. The SMILES string of the molecule is Cc1cc(C)cc(C(=O)N2CCCC(C(=O)N3CCCC3C3CCCC3=O)C2)c1. The predicted octanol–water partition coefficient (Wildman–Crippen LogP) is 3.52. The van der Waals surface area contributed by atoms with Crippen LogP contribution in [0, 0.1) is 25.7 Å². The number of carbonyl (C=O) groups excluding carboxylic acids is 3. The number of likely N-dealkylation sites (tertiary alicyclic amines) is 2. The molecule has 0 bridgehead atoms. The average Bonchev–Trinajstić information content (AvgIpc) is 3.34. The van der Waals surface area contributed by atoms with Crippen LogP contribution in [0.4, 0.5) is 0 Å². The van der Waals surface area contributed by atoms with Crippen LogP contribution in [0.5, 0.6) is 0 Å². The zero-order chi connectivity index (χ0) is 20.5. The van der Waals surface area contributed by atoms with Gasteiger partial charge < -0.3 is 9.80 Å². The minimum absolute atomic E-state index is 0.0262. The molecule has 1 aliphatic carbocycles. The van der Waals surface area contributed by atoms with Gasteiger partial charge in [0.2, 0.25) is 5.91 Å². The number of ketones is 1. The largest absolute Gasteiger partial charge is 0.339 e. The average molecular weight is 397 g/mol. The molecule has 1 aromatic rings. The summed E-state index contributed by atoms with van der Waals surface area (Å²) in [5, 5.41) is 0. The number of hydrogen-bond donors (Lipinski definition) is 0. The summed E-state index contributed by atoms with van der Waals surface area (Å²) in [7, 11) is 0. The fourth-order valence-electron chi connectivity index (χ4n) is 5.61. The lowest BCUT2D eigenvalue weighted by Crippen LogP contribution is -2.49. The van der Waals surface area contributed by atoms with Crippen LogP contribution in [0.3, 0.4) is 0 Å². The van der Waals surface area contributed by atoms with Gasteiger partial charge in [-0.25, -0.2) is 0 Å². The summed E-state index contributed by atoms with van der Waals surface area (Å²) >= 11 is 0. The van der Waals surface area contributed by atoms with E-state index >= 15 is 0 Å². The number of rotatable bonds is 3. The number of aryl methyl sites for hydroxylation is 2. The maximum absolute atomic E-state index is 13.4. The van der Waals surface area contributed by atoms with Crippen molar-refractivity contribution in [3.63, 3.8) is 0 Å². The Bertz CT molecular complexity index is 798. The molecule has 2 saturated heterocycles. The third kappa shape index (κ3) is 4.10. The second-order valence-electron chi connectivity index (χ2n) is 9.17. The molecule has 3 fully saturated rings. The summed E-state index contributed by atoms with van der Waals surface area (Å²) < 4.78 is 0. The van der Waals surface area contributed by atoms with Crippen molar-refractivity contribution in [1.82, 2.24) is 9.80 Å². The third-order valence-electron chi connectivity index (χ3n) is 6.93. The number of nitrogens with zero attached hydrogens (tertiary/aromatic N) is 2. The monoisotopic (exact) mass is 396 g/mol. The third-order valence-corrected chi connectivity index (χ3v) is 6.93. The van der Waals surface area contributed by atoms with E-state index in [0.717, 1.165) is 56.2 Å². The highest BCUT2D eigenvalue weighted by Crippen LogP contribution is 2.35. The van der Waals surface area contributed by atoms with Gasteiger partial charge in [0, 0.05) is 43.6 Å². The molecule has 2 aliphatic heterocycles. The van der Waals surface area contributed by atoms with E-state index in [4.69, 9.17) is 0 Å². The molecule has 0 N–H and O–H groups in total. The smallest absolute Gasteiger partial charge is 0.253 e. The first-order valence-electron chi connectivity index (χ1n) is 11.1. The summed E-state index contributed by atoms with van der Waals surface area (Å²) in [5.74, 6) is 0.419. The number of Topliss-reactive ketones (excluding diaryl/α,β-unsaturated/α-hetero) is 1. The van der Waals surface area contributed by atoms with Crippen LogP contribution in [0.1, 0.15) is 66.4 Å². The standard InChI is InChI=1S/C24H32N2O3/c1-16-12-17(2)14-19(13-16)23(28)25-10-4-6-18(15-25)24(29)26-11-5-8-21(26)20-7-3-9-22(20)27/h12-14,18,20-21H,3-11,15H2,1-2H3. The van der Waals surface area contributed by atoms with E-state index in [1.54, 1.807) is 0 Å². The van der Waals surface area contributed by atoms with Gasteiger partial charge in [0.1, 0.15) is 5.78 Å². The van der Waals surface area contributed by atoms with Crippen molar-refractivity contribution in [3.05, 3.63) is 34.9 Å². The molecular weight excluding hydrogens is 364 g/mol. The summed E-state index contributed by atoms with van der Waals surface area (Å²) in [6.07, 6.45) is 6.17. The molecule has 5 nitrogen and oxygen atoms in total. The number of benzene rings is 1. The van der Waals surface area contributed by atoms with E-state index in [1.165, 1.54) is 0 Å². The van der Waals surface area contributed by atoms with E-state index in [2.05, 4.69) is 6.07 Å². The quantitative estimate of drug-likeness (QED) is 0.786. The molecule has 0 aromatic heterocycles. The van der Waals surface area contributed by atoms with Crippen LogP contribution in [0.2, 0.25) is 0 Å². The normalized spacial score (nSPS) is 27.5. The maximum atomic E-state index is 13.4. The van der Waals surface area contributed by atoms with Crippen molar-refractivity contribution in [1.29, 1.82) is 0 Å². The fourth-order valence-corrected chi connectivity index (χ4v) is 5.61. The van der Waals surface area contributed by atoms with Gasteiger partial charge in [-0.2, -0.15) is 0 Å². The fraction of sp³-hybridized carbons (Fsp3) is 0.625. The zero-order valence-corrected chi connectivity index (χ0v) is 17.7. The topological polar surface area (TPSA) is 57.7 Å². The Morgan fingerprint density at radius 2 is 1.66 bits per heavy atom. The summed E-state index contributed by atoms with van der Waals surface area (Å²) in [6.45, 7) is 5.97. The van der Waals surface area contributed by atoms with Gasteiger partial charge in [0.15, 0.2) is 0 Å². The minimum Gasteiger partial charge on any atom is -0.339 e. The molecule has 3 aliphatic rings. The summed E-state index contributed by atoms with van der Waals surface area (Å²) in [4.78, 5) is 42.5. The molecule has 2 amide bonds. The van der Waals surface area contributed by atoms with Crippen LogP contribution in [-0.4, -0.2) is 53.1 Å². The van der Waals surface area contributed by atoms with Gasteiger partial charge in [0.05, 0.1) is 5.92 Å². The minimum atomic E-state index is -0.143. The molecule has 0 spiro atoms. The molecule has 5 heteroatoms. The maximum Gasteiger partial charge on any atom is 0.253 e. The molecule has 156 valence electrons. The van der Waals surface area contributed by atoms with Crippen LogP contribution in [0.25, 0.3) is 0 Å². The Morgan fingerprint density at radius 3 is 2.34 bits per heavy atom. The van der Waals surface area contributed by atoms with E-state index in [-0.39, 0.29) is 29.7 Å². The highest BCUT2D eigenvalue weighted by Gasteiger charge is 2.42. The molecule has 1 aromatic carbocycles. The van der Waals surface area contributed by atoms with Gasteiger partial charge in [-0.1, -0.05) is 17.2 Å². The molecule has 3 atom stereocenters. The first-order valence-corrected chi connectivity index (χ1v) is 11.1. The first kappa shape index (κ1) is 20.1. The number of piperidine rings is 1. The highest BCUT2D eigenvalue weighted by atomic mass is 16.2. The van der Waals surface area contributed by atoms with Crippen LogP contribution in [0.15, 0.2) is 18.2 Å². The van der Waals surface area contributed by atoms with E-state index in [9.17, 15) is 14.4 Å². The van der Waals surface area contributed by atoms with Gasteiger partial charge >= 0.3 is 0 Å². The van der Waals surface area contributed by atoms with Crippen molar-refractivity contribution in [3.8, 4) is 0 Å². The second-order valence-corrected chi connectivity index (χ2v) is 9.17. The molecule has 3 unspecified atom stereocenters. The van der Waals surface area contributed by atoms with Gasteiger partial charge in [0.25, 0.3) is 5.91 Å². The second kappa shape index (κ2) is 8.29. The molecule has 0 radical (unpaired) electrons. The van der Waals surface area contributed by atoms with Crippen LogP contribution in [-0.2, 0) is 9.59 Å². The number of amides is 2. The Labute approximate surface area is 173 Å². The Kier molecular flexibility index (Phi) is 5.75. The lowest BCUT2D eigenvalue weighted by Gasteiger charge is -2.37. The van der Waals surface area contributed by atoms with Crippen molar-refractivity contribution in [2.24, 2.45) is 11.8 Å². The number of carbonyl (C=O) groups is 3. The van der Waals surface area contributed by atoms with Gasteiger partial charge in [-0.05, 0) is 64.5 Å². The van der Waals surface area contributed by atoms with Crippen LogP contribution < -0.4 is 0 Å². The van der Waals surface area contributed by atoms with Crippen molar-refractivity contribution in [2.45, 2.75) is 64.8 Å². The molecular formula is C24H32N2O3. The molecule has 4 rings (SSSR count). The van der Waals surface area contributed by atoms with E-state index in [1.807, 2.05) is 35.8 Å². The van der Waals surface area contributed by atoms with E-state index < -0.39 is 0 Å². The number of hydrogen-bond acceptors (Lipinski definition) is 3. The molecule has 1 saturated carbocycles. The lowest BCUT2D eigenvalue weighted by atomic mass is 9.92.